The van der Waals surface area contributed by atoms with Crippen LogP contribution < -0.4 is 10.6 Å². The fourth-order valence-corrected chi connectivity index (χ4v) is 4.99. The smallest absolute Gasteiger partial charge is 0.251 e. The standard InChI is InChI=1S/C20H27N3O4/c1-11(24)23-14-7-5-8-15(25)18(14)22-13-10-21-20(26)17(13)19(23)12-6-3-4-9-16(12)27-2/h4,9,14-15,18-19,22,25H,3,5-8,10H2,1-2H3,(H,21,26). The van der Waals surface area contributed by atoms with E-state index in [0.29, 0.717) is 18.5 Å². The first-order chi connectivity index (χ1) is 13.0. The zero-order chi connectivity index (χ0) is 19.1. The molecular weight excluding hydrogens is 346 g/mol. The summed E-state index contributed by atoms with van der Waals surface area (Å²) in [5, 5.41) is 16.9. The third-order valence-corrected chi connectivity index (χ3v) is 6.15. The molecule has 4 unspecified atom stereocenters. The molecule has 1 saturated carbocycles. The predicted octanol–water partition coefficient (Wildman–Crippen LogP) is 0.723. The van der Waals surface area contributed by atoms with Crippen molar-refractivity contribution in [3.05, 3.63) is 34.8 Å². The molecule has 0 aromatic rings. The van der Waals surface area contributed by atoms with Crippen molar-refractivity contribution in [1.29, 1.82) is 0 Å². The number of carbonyl (C=O) groups is 2. The Labute approximate surface area is 159 Å². The summed E-state index contributed by atoms with van der Waals surface area (Å²) in [4.78, 5) is 27.4. The molecule has 7 nitrogen and oxygen atoms in total. The second kappa shape index (κ2) is 7.03. The molecule has 4 aliphatic rings. The fraction of sp³-hybridized carbons (Fsp3) is 0.600. The molecule has 4 atom stereocenters. The summed E-state index contributed by atoms with van der Waals surface area (Å²) in [6.45, 7) is 1.95. The van der Waals surface area contributed by atoms with Gasteiger partial charge in [-0.15, -0.1) is 0 Å². The van der Waals surface area contributed by atoms with Crippen LogP contribution in [0.1, 0.15) is 39.0 Å². The minimum atomic E-state index is -0.545. The molecule has 7 heteroatoms. The number of fused-ring (bicyclic) bond motifs is 1. The molecule has 1 fully saturated rings. The lowest BCUT2D eigenvalue weighted by molar-refractivity contribution is -0.135. The van der Waals surface area contributed by atoms with Crippen LogP contribution in [0, 0.1) is 0 Å². The monoisotopic (exact) mass is 373 g/mol. The van der Waals surface area contributed by atoms with E-state index < -0.39 is 12.1 Å². The van der Waals surface area contributed by atoms with Crippen molar-refractivity contribution in [2.24, 2.45) is 0 Å². The number of ether oxygens (including phenoxy) is 1. The number of aliphatic hydroxyl groups is 1. The molecule has 4 rings (SSSR count). The van der Waals surface area contributed by atoms with Gasteiger partial charge in [0.2, 0.25) is 5.91 Å². The van der Waals surface area contributed by atoms with Gasteiger partial charge in [0.05, 0.1) is 43.5 Å². The maximum absolute atomic E-state index is 12.8. The van der Waals surface area contributed by atoms with Crippen molar-refractivity contribution in [1.82, 2.24) is 15.5 Å². The van der Waals surface area contributed by atoms with Gasteiger partial charge in [-0.25, -0.2) is 0 Å². The highest BCUT2D eigenvalue weighted by Crippen LogP contribution is 2.38. The molecule has 146 valence electrons. The van der Waals surface area contributed by atoms with Crippen molar-refractivity contribution < 1.29 is 19.4 Å². The minimum absolute atomic E-state index is 0.0862. The van der Waals surface area contributed by atoms with Gasteiger partial charge in [-0.05, 0) is 43.8 Å². The molecule has 27 heavy (non-hydrogen) atoms. The number of aliphatic hydroxyl groups excluding tert-OH is 1. The fourth-order valence-electron chi connectivity index (χ4n) is 4.99. The summed E-state index contributed by atoms with van der Waals surface area (Å²) < 4.78 is 5.60. The normalized spacial score (nSPS) is 33.1. The van der Waals surface area contributed by atoms with Crippen LogP contribution in [0.3, 0.4) is 0 Å². The van der Waals surface area contributed by atoms with E-state index in [0.717, 1.165) is 42.7 Å². The minimum Gasteiger partial charge on any atom is -0.497 e. The topological polar surface area (TPSA) is 90.9 Å². The number of nitrogens with one attached hydrogen (secondary N) is 2. The van der Waals surface area contributed by atoms with Crippen LogP contribution in [0.4, 0.5) is 0 Å². The lowest BCUT2D eigenvalue weighted by Gasteiger charge is -2.44. The molecule has 2 amide bonds. The van der Waals surface area contributed by atoms with Crippen LogP contribution in [0.5, 0.6) is 0 Å². The Hall–Kier alpha value is -2.28. The molecule has 0 aromatic heterocycles. The van der Waals surface area contributed by atoms with E-state index >= 15 is 0 Å². The average molecular weight is 373 g/mol. The van der Waals surface area contributed by atoms with Crippen LogP contribution >= 0.6 is 0 Å². The van der Waals surface area contributed by atoms with Crippen molar-refractivity contribution in [3.8, 4) is 0 Å². The summed E-state index contributed by atoms with van der Waals surface area (Å²) in [5.74, 6) is 0.482. The van der Waals surface area contributed by atoms with Crippen LogP contribution in [-0.4, -0.2) is 59.7 Å². The summed E-state index contributed by atoms with van der Waals surface area (Å²) in [7, 11) is 1.62. The van der Waals surface area contributed by atoms with Crippen molar-refractivity contribution in [2.75, 3.05) is 13.7 Å². The van der Waals surface area contributed by atoms with Gasteiger partial charge in [0, 0.05) is 12.6 Å². The Bertz CT molecular complexity index is 754. The van der Waals surface area contributed by atoms with E-state index in [2.05, 4.69) is 10.6 Å². The SMILES string of the molecule is COC1=C(C2C3=C(CNC3=O)NC3C(O)CCCC3N2C(C)=O)CCC=C1. The van der Waals surface area contributed by atoms with Crippen molar-refractivity contribution >= 4 is 11.8 Å². The van der Waals surface area contributed by atoms with Crippen molar-refractivity contribution in [3.63, 3.8) is 0 Å². The van der Waals surface area contributed by atoms with Crippen LogP contribution in [0.2, 0.25) is 0 Å². The molecule has 2 aliphatic carbocycles. The molecule has 2 heterocycles. The van der Waals surface area contributed by atoms with Gasteiger partial charge in [-0.2, -0.15) is 0 Å². The molecule has 0 saturated heterocycles. The van der Waals surface area contributed by atoms with Gasteiger partial charge in [0.1, 0.15) is 5.76 Å². The van der Waals surface area contributed by atoms with Gasteiger partial charge < -0.3 is 25.4 Å². The number of allylic oxidation sites excluding steroid dienone is 2. The van der Waals surface area contributed by atoms with E-state index in [9.17, 15) is 14.7 Å². The molecule has 0 bridgehead atoms. The van der Waals surface area contributed by atoms with Gasteiger partial charge in [-0.1, -0.05) is 6.08 Å². The van der Waals surface area contributed by atoms with E-state index in [1.807, 2.05) is 17.1 Å². The van der Waals surface area contributed by atoms with E-state index in [1.54, 1.807) is 14.0 Å². The number of hydrogen-bond acceptors (Lipinski definition) is 5. The van der Waals surface area contributed by atoms with Gasteiger partial charge in [0.15, 0.2) is 0 Å². The molecule has 3 N–H and O–H groups in total. The number of hydrogen-bond donors (Lipinski definition) is 3. The molecule has 0 radical (unpaired) electrons. The highest BCUT2D eigenvalue weighted by molar-refractivity contribution is 5.99. The number of nitrogens with zero attached hydrogens (tertiary/aromatic N) is 1. The Morgan fingerprint density at radius 2 is 2.19 bits per heavy atom. The Kier molecular flexibility index (Phi) is 4.72. The van der Waals surface area contributed by atoms with E-state index in [4.69, 9.17) is 4.74 Å². The van der Waals surface area contributed by atoms with Gasteiger partial charge in [-0.3, -0.25) is 9.59 Å². The molecular formula is C20H27N3O4. The number of methoxy groups -OCH3 is 1. The lowest BCUT2D eigenvalue weighted by atomic mass is 9.84. The van der Waals surface area contributed by atoms with Crippen molar-refractivity contribution in [2.45, 2.75) is 63.3 Å². The summed E-state index contributed by atoms with van der Waals surface area (Å²) in [5.41, 5.74) is 2.34. The third-order valence-electron chi connectivity index (χ3n) is 6.15. The first-order valence-electron chi connectivity index (χ1n) is 9.71. The van der Waals surface area contributed by atoms with Gasteiger partial charge >= 0.3 is 0 Å². The maximum atomic E-state index is 12.8. The number of rotatable bonds is 2. The maximum Gasteiger partial charge on any atom is 0.251 e. The number of amides is 2. The highest BCUT2D eigenvalue weighted by Gasteiger charge is 2.48. The average Bonchev–Trinajstić information content (AvgIpc) is 2.93. The summed E-state index contributed by atoms with van der Waals surface area (Å²) in [6, 6.07) is -0.894. The Morgan fingerprint density at radius 3 is 2.93 bits per heavy atom. The zero-order valence-electron chi connectivity index (χ0n) is 15.8. The van der Waals surface area contributed by atoms with E-state index in [1.165, 1.54) is 0 Å². The first kappa shape index (κ1) is 18.1. The largest absolute Gasteiger partial charge is 0.497 e. The second-order valence-corrected chi connectivity index (χ2v) is 7.67. The predicted molar refractivity (Wildman–Crippen MR) is 99.3 cm³/mol. The Balaban J connectivity index is 1.90. The third kappa shape index (κ3) is 2.94. The van der Waals surface area contributed by atoms with Gasteiger partial charge in [0.25, 0.3) is 5.91 Å². The first-order valence-corrected chi connectivity index (χ1v) is 9.71. The zero-order valence-corrected chi connectivity index (χ0v) is 15.8. The number of carbonyl (C=O) groups excluding carboxylic acids is 2. The second-order valence-electron chi connectivity index (χ2n) is 7.67. The van der Waals surface area contributed by atoms with Crippen LogP contribution in [-0.2, 0) is 14.3 Å². The summed E-state index contributed by atoms with van der Waals surface area (Å²) >= 11 is 0. The summed E-state index contributed by atoms with van der Waals surface area (Å²) in [6.07, 6.45) is 7.37. The Morgan fingerprint density at radius 1 is 1.37 bits per heavy atom. The quantitative estimate of drug-likeness (QED) is 0.664. The highest BCUT2D eigenvalue weighted by atomic mass is 16.5. The van der Waals surface area contributed by atoms with E-state index in [-0.39, 0.29) is 23.9 Å². The lowest BCUT2D eigenvalue weighted by Crippen LogP contribution is -2.60. The molecule has 2 aliphatic heterocycles. The van der Waals surface area contributed by atoms with Crippen LogP contribution in [0.15, 0.2) is 34.8 Å². The molecule has 0 spiro atoms. The van der Waals surface area contributed by atoms with Crippen LogP contribution in [0.25, 0.3) is 0 Å². The molecule has 0 aromatic carbocycles.